The molecule has 2 heterocycles. The molecule has 12 heteroatoms. The zero-order valence-electron chi connectivity index (χ0n) is 27.7. The first-order chi connectivity index (χ1) is 22.3. The summed E-state index contributed by atoms with van der Waals surface area (Å²) >= 11 is 0. The highest BCUT2D eigenvalue weighted by Gasteiger charge is 2.37. The third kappa shape index (κ3) is 9.08. The van der Waals surface area contributed by atoms with E-state index in [1.807, 2.05) is 27.7 Å². The number of nitrogens with zero attached hydrogens (tertiary/aromatic N) is 1. The van der Waals surface area contributed by atoms with Crippen molar-refractivity contribution in [2.45, 2.75) is 89.9 Å². The second-order valence-corrected chi connectivity index (χ2v) is 13.4. The van der Waals surface area contributed by atoms with Crippen LogP contribution in [-0.4, -0.2) is 78.3 Å². The first kappa shape index (κ1) is 35.4. The number of carbonyl (C=O) groups excluding carboxylic acids is 5. The van der Waals surface area contributed by atoms with Crippen molar-refractivity contribution in [3.05, 3.63) is 65.5 Å². The topological polar surface area (TPSA) is 146 Å². The lowest BCUT2D eigenvalue weighted by atomic mass is 9.84. The van der Waals surface area contributed by atoms with Gasteiger partial charge in [0.05, 0.1) is 11.6 Å². The maximum atomic E-state index is 13.6. The van der Waals surface area contributed by atoms with Gasteiger partial charge in [0.2, 0.25) is 23.6 Å². The first-order valence-electron chi connectivity index (χ1n) is 16.2. The highest BCUT2D eigenvalue weighted by Crippen LogP contribution is 2.24. The Balaban J connectivity index is 1.60. The highest BCUT2D eigenvalue weighted by atomic mass is 19.1. The maximum Gasteiger partial charge on any atom is 0.255 e. The van der Waals surface area contributed by atoms with Crippen LogP contribution in [0.5, 0.6) is 5.75 Å². The van der Waals surface area contributed by atoms with Crippen molar-refractivity contribution < 1.29 is 33.1 Å². The molecule has 0 unspecified atom stereocenters. The fourth-order valence-electron chi connectivity index (χ4n) is 5.84. The smallest absolute Gasteiger partial charge is 0.255 e. The fourth-order valence-corrected chi connectivity index (χ4v) is 5.84. The van der Waals surface area contributed by atoms with Gasteiger partial charge in [0, 0.05) is 24.9 Å². The van der Waals surface area contributed by atoms with Gasteiger partial charge in [0.25, 0.3) is 5.91 Å². The Bertz CT molecular complexity index is 1460. The molecule has 0 radical (unpaired) electrons. The van der Waals surface area contributed by atoms with E-state index in [2.05, 4.69) is 21.3 Å². The van der Waals surface area contributed by atoms with Gasteiger partial charge in [-0.15, -0.1) is 0 Å². The van der Waals surface area contributed by atoms with E-state index in [0.717, 1.165) is 5.56 Å². The molecule has 2 aromatic rings. The van der Waals surface area contributed by atoms with Gasteiger partial charge in [-0.25, -0.2) is 4.39 Å². The van der Waals surface area contributed by atoms with E-state index in [-0.39, 0.29) is 60.9 Å². The van der Waals surface area contributed by atoms with Gasteiger partial charge < -0.3 is 30.9 Å². The van der Waals surface area contributed by atoms with Crippen LogP contribution in [0.2, 0.25) is 0 Å². The van der Waals surface area contributed by atoms with E-state index >= 15 is 0 Å². The van der Waals surface area contributed by atoms with Crippen LogP contribution in [0.3, 0.4) is 0 Å². The van der Waals surface area contributed by atoms with Gasteiger partial charge >= 0.3 is 0 Å². The fraction of sp³-hybridized carbons (Fsp3) is 0.514. The number of carbonyl (C=O) groups is 5. The molecule has 11 nitrogen and oxygen atoms in total. The summed E-state index contributed by atoms with van der Waals surface area (Å²) in [5.41, 5.74) is 0.447. The van der Waals surface area contributed by atoms with Crippen LogP contribution in [0.4, 0.5) is 4.39 Å². The van der Waals surface area contributed by atoms with Crippen LogP contribution in [-0.2, 0) is 24.6 Å². The van der Waals surface area contributed by atoms with Gasteiger partial charge in [-0.3, -0.25) is 24.0 Å². The molecule has 4 N–H and O–H groups in total. The highest BCUT2D eigenvalue weighted by molar-refractivity contribution is 6.00. The van der Waals surface area contributed by atoms with Crippen molar-refractivity contribution in [2.75, 3.05) is 19.7 Å². The normalized spacial score (nSPS) is 23.3. The minimum atomic E-state index is -1.08. The number of hydrogen-bond acceptors (Lipinski definition) is 6. The molecule has 4 atom stereocenters. The number of benzene rings is 2. The summed E-state index contributed by atoms with van der Waals surface area (Å²) in [6.07, 6.45) is 0.944. The summed E-state index contributed by atoms with van der Waals surface area (Å²) < 4.78 is 19.5. The monoisotopic (exact) mass is 651 g/mol. The van der Waals surface area contributed by atoms with E-state index in [1.165, 1.54) is 17.0 Å². The predicted octanol–water partition coefficient (Wildman–Crippen LogP) is 2.83. The molecule has 2 aliphatic heterocycles. The van der Waals surface area contributed by atoms with E-state index < -0.39 is 47.3 Å². The van der Waals surface area contributed by atoms with Crippen LogP contribution in [0.1, 0.15) is 76.2 Å². The Labute approximate surface area is 275 Å². The summed E-state index contributed by atoms with van der Waals surface area (Å²) in [6, 6.07) is 9.49. The van der Waals surface area contributed by atoms with Gasteiger partial charge in [0.1, 0.15) is 36.3 Å². The number of ether oxygens (including phenoxy) is 1. The zero-order chi connectivity index (χ0) is 34.3. The molecule has 0 spiro atoms. The van der Waals surface area contributed by atoms with Crippen molar-refractivity contribution in [2.24, 2.45) is 5.92 Å². The van der Waals surface area contributed by atoms with E-state index in [4.69, 9.17) is 4.74 Å². The molecule has 5 amide bonds. The first-order valence-corrected chi connectivity index (χ1v) is 16.2. The number of hydrogen-bond donors (Lipinski definition) is 4. The maximum absolute atomic E-state index is 13.6. The summed E-state index contributed by atoms with van der Waals surface area (Å²) in [7, 11) is 0. The minimum Gasteiger partial charge on any atom is -0.491 e. The summed E-state index contributed by atoms with van der Waals surface area (Å²) in [6.45, 7) is 9.83. The van der Waals surface area contributed by atoms with Crippen LogP contribution >= 0.6 is 0 Å². The van der Waals surface area contributed by atoms with Gasteiger partial charge in [-0.05, 0) is 61.9 Å². The molecule has 0 saturated carbocycles. The van der Waals surface area contributed by atoms with Crippen molar-refractivity contribution in [3.8, 4) is 5.75 Å². The lowest BCUT2D eigenvalue weighted by Gasteiger charge is -2.29. The molecular weight excluding hydrogens is 605 g/mol. The predicted molar refractivity (Wildman–Crippen MR) is 174 cm³/mol. The van der Waals surface area contributed by atoms with Crippen molar-refractivity contribution >= 4 is 29.5 Å². The molecule has 0 aromatic heterocycles. The molecule has 1 saturated heterocycles. The van der Waals surface area contributed by atoms with Gasteiger partial charge in [-0.2, -0.15) is 0 Å². The third-order valence-corrected chi connectivity index (χ3v) is 8.73. The summed E-state index contributed by atoms with van der Waals surface area (Å²) in [5.74, 6) is -2.49. The quantitative estimate of drug-likeness (QED) is 0.391. The van der Waals surface area contributed by atoms with Crippen LogP contribution in [0, 0.1) is 11.7 Å². The van der Waals surface area contributed by atoms with E-state index in [1.54, 1.807) is 43.3 Å². The second kappa shape index (κ2) is 15.4. The third-order valence-electron chi connectivity index (χ3n) is 8.73. The minimum absolute atomic E-state index is 0.0185. The molecule has 254 valence electrons. The Morgan fingerprint density at radius 3 is 2.40 bits per heavy atom. The lowest BCUT2D eigenvalue weighted by Crippen LogP contribution is -2.56. The lowest BCUT2D eigenvalue weighted by molar-refractivity contribution is -0.140. The van der Waals surface area contributed by atoms with Crippen LogP contribution in [0.15, 0.2) is 48.5 Å². The average molecular weight is 652 g/mol. The number of rotatable bonds is 5. The van der Waals surface area contributed by atoms with Crippen molar-refractivity contribution in [1.82, 2.24) is 26.2 Å². The SMILES string of the molecule is CC(C)[C@H]1NC(=O)[C@@H]2CCCN2C(=O)CC[C@@H](C(=O)NCC(C)(C)c2ccc(F)cc2)NC(=O)c2ccccc2OC[C@H](C)NC1=O. The Kier molecular flexibility index (Phi) is 11.6. The van der Waals surface area contributed by atoms with E-state index in [9.17, 15) is 28.4 Å². The number of fused-ring (bicyclic) bond motifs is 2. The van der Waals surface area contributed by atoms with Crippen molar-refractivity contribution in [3.63, 3.8) is 0 Å². The zero-order valence-corrected chi connectivity index (χ0v) is 27.7. The molecule has 2 aromatic carbocycles. The number of para-hydroxylation sites is 1. The second-order valence-electron chi connectivity index (χ2n) is 13.4. The molecule has 2 aliphatic rings. The van der Waals surface area contributed by atoms with Crippen LogP contribution < -0.4 is 26.0 Å². The summed E-state index contributed by atoms with van der Waals surface area (Å²) in [5, 5.41) is 11.4. The number of amides is 5. The standard InChI is InChI=1S/C35H46FN5O6/c1-21(2)30-34(46)38-22(3)19-47-28-11-7-6-9-25(28)31(43)39-26(16-17-29(42)41-18-8-10-27(41)33(45)40-30)32(44)37-20-35(4,5)23-12-14-24(36)15-13-23/h6-7,9,11-15,21-22,26-27,30H,8,10,16-20H2,1-5H3,(H,37,44)(H,38,46)(H,39,43)(H,40,45)/t22-,26-,27-,30+/m0/s1. The summed E-state index contributed by atoms with van der Waals surface area (Å²) in [4.78, 5) is 68.8. The largest absolute Gasteiger partial charge is 0.491 e. The molecule has 1 fully saturated rings. The van der Waals surface area contributed by atoms with Crippen molar-refractivity contribution in [1.29, 1.82) is 0 Å². The Hall–Kier alpha value is -4.48. The molecule has 0 aliphatic carbocycles. The molecule has 0 bridgehead atoms. The number of halogens is 1. The van der Waals surface area contributed by atoms with Gasteiger partial charge in [0.15, 0.2) is 0 Å². The van der Waals surface area contributed by atoms with Gasteiger partial charge in [-0.1, -0.05) is 52.0 Å². The molecule has 4 rings (SSSR count). The Morgan fingerprint density at radius 2 is 1.70 bits per heavy atom. The Morgan fingerprint density at radius 1 is 1.00 bits per heavy atom. The molecular formula is C35H46FN5O6. The average Bonchev–Trinajstić information content (AvgIpc) is 3.53. The van der Waals surface area contributed by atoms with E-state index in [0.29, 0.717) is 19.4 Å². The van der Waals surface area contributed by atoms with Crippen LogP contribution in [0.25, 0.3) is 0 Å². The molecule has 47 heavy (non-hydrogen) atoms. The number of nitrogens with one attached hydrogen (secondary N) is 4.